The van der Waals surface area contributed by atoms with Crippen molar-refractivity contribution in [3.05, 3.63) is 30.3 Å². The fourth-order valence-electron chi connectivity index (χ4n) is 2.46. The average molecular weight is 307 g/mol. The lowest BCUT2D eigenvalue weighted by molar-refractivity contribution is -0.155. The number of thioether (sulfide) groups is 1. The van der Waals surface area contributed by atoms with Crippen molar-refractivity contribution < 1.29 is 14.3 Å². The van der Waals surface area contributed by atoms with Crippen LogP contribution in [-0.4, -0.2) is 41.7 Å². The zero-order valence-corrected chi connectivity index (χ0v) is 13.1. The summed E-state index contributed by atoms with van der Waals surface area (Å²) in [7, 11) is 0. The highest BCUT2D eigenvalue weighted by atomic mass is 32.2. The molecule has 0 spiro atoms. The van der Waals surface area contributed by atoms with Crippen molar-refractivity contribution in [2.45, 2.75) is 37.1 Å². The highest BCUT2D eigenvalue weighted by Gasteiger charge is 2.32. The van der Waals surface area contributed by atoms with E-state index >= 15 is 0 Å². The largest absolute Gasteiger partial charge is 0.464 e. The van der Waals surface area contributed by atoms with Gasteiger partial charge in [0, 0.05) is 11.4 Å². The molecular formula is C16H21NO3S. The number of likely N-dealkylation sites (tertiary alicyclic amines) is 1. The lowest BCUT2D eigenvalue weighted by Crippen LogP contribution is -2.49. The summed E-state index contributed by atoms with van der Waals surface area (Å²) in [4.78, 5) is 27.1. The number of carbonyl (C=O) groups excluding carboxylic acids is 2. The van der Waals surface area contributed by atoms with Crippen LogP contribution in [0.4, 0.5) is 0 Å². The zero-order chi connectivity index (χ0) is 15.1. The normalized spacial score (nSPS) is 18.3. The van der Waals surface area contributed by atoms with E-state index in [2.05, 4.69) is 0 Å². The number of ether oxygens (including phenoxy) is 1. The number of piperidine rings is 1. The summed E-state index contributed by atoms with van der Waals surface area (Å²) in [5.74, 6) is 0.108. The third-order valence-corrected chi connectivity index (χ3v) is 4.48. The van der Waals surface area contributed by atoms with Gasteiger partial charge in [0.25, 0.3) is 0 Å². The SMILES string of the molecule is CCOC(=O)C1CCCCN1C(=O)CSc1ccccc1. The van der Waals surface area contributed by atoms with Crippen molar-refractivity contribution in [2.24, 2.45) is 0 Å². The molecule has 0 saturated carbocycles. The Kier molecular flexibility index (Phi) is 6.11. The Labute approximate surface area is 129 Å². The molecule has 2 rings (SSSR count). The minimum atomic E-state index is -0.400. The van der Waals surface area contributed by atoms with Crippen molar-refractivity contribution >= 4 is 23.6 Å². The van der Waals surface area contributed by atoms with Gasteiger partial charge in [-0.3, -0.25) is 4.79 Å². The quantitative estimate of drug-likeness (QED) is 0.620. The van der Waals surface area contributed by atoms with Crippen molar-refractivity contribution in [1.82, 2.24) is 4.90 Å². The summed E-state index contributed by atoms with van der Waals surface area (Å²) in [6.45, 7) is 2.80. The van der Waals surface area contributed by atoms with Crippen LogP contribution in [0.2, 0.25) is 0 Å². The fraction of sp³-hybridized carbons (Fsp3) is 0.500. The second-order valence-electron chi connectivity index (χ2n) is 4.95. The molecule has 0 bridgehead atoms. The molecule has 114 valence electrons. The predicted molar refractivity (Wildman–Crippen MR) is 83.2 cm³/mol. The third-order valence-electron chi connectivity index (χ3n) is 3.49. The fourth-order valence-corrected chi connectivity index (χ4v) is 3.26. The second-order valence-corrected chi connectivity index (χ2v) is 6.00. The molecule has 1 amide bonds. The maximum absolute atomic E-state index is 12.4. The molecule has 4 nitrogen and oxygen atoms in total. The van der Waals surface area contributed by atoms with Crippen LogP contribution >= 0.6 is 11.8 Å². The van der Waals surface area contributed by atoms with Gasteiger partial charge in [-0.05, 0) is 38.3 Å². The van der Waals surface area contributed by atoms with Gasteiger partial charge in [0.05, 0.1) is 12.4 Å². The Morgan fingerprint density at radius 2 is 2.05 bits per heavy atom. The van der Waals surface area contributed by atoms with Crippen LogP contribution in [0.15, 0.2) is 35.2 Å². The van der Waals surface area contributed by atoms with Crippen LogP contribution in [0.5, 0.6) is 0 Å². The molecule has 1 unspecified atom stereocenters. The number of nitrogens with zero attached hydrogens (tertiary/aromatic N) is 1. The third kappa shape index (κ3) is 4.49. The van der Waals surface area contributed by atoms with E-state index in [1.54, 1.807) is 11.8 Å². The number of amides is 1. The van der Waals surface area contributed by atoms with Crippen molar-refractivity contribution in [3.63, 3.8) is 0 Å². The van der Waals surface area contributed by atoms with Gasteiger partial charge in [-0.25, -0.2) is 4.79 Å². The molecule has 1 fully saturated rings. The molecule has 0 N–H and O–H groups in total. The van der Waals surface area contributed by atoms with E-state index in [4.69, 9.17) is 4.74 Å². The molecule has 5 heteroatoms. The van der Waals surface area contributed by atoms with Gasteiger partial charge in [0.1, 0.15) is 6.04 Å². The molecule has 1 atom stereocenters. The van der Waals surface area contributed by atoms with Crippen molar-refractivity contribution in [2.75, 3.05) is 18.9 Å². The van der Waals surface area contributed by atoms with E-state index in [1.807, 2.05) is 30.3 Å². The molecule has 1 heterocycles. The molecule has 0 radical (unpaired) electrons. The molecule has 1 aromatic rings. The van der Waals surface area contributed by atoms with Gasteiger partial charge < -0.3 is 9.64 Å². The van der Waals surface area contributed by atoms with Crippen LogP contribution < -0.4 is 0 Å². The molecule has 1 saturated heterocycles. The Bertz CT molecular complexity index is 478. The zero-order valence-electron chi connectivity index (χ0n) is 12.3. The summed E-state index contributed by atoms with van der Waals surface area (Å²) >= 11 is 1.51. The van der Waals surface area contributed by atoms with Crippen LogP contribution in [0.25, 0.3) is 0 Å². The van der Waals surface area contributed by atoms with Gasteiger partial charge >= 0.3 is 5.97 Å². The molecule has 1 aromatic carbocycles. The standard InChI is InChI=1S/C16H21NO3S/c1-2-20-16(19)14-10-6-7-11-17(14)15(18)12-21-13-8-4-3-5-9-13/h3-5,8-9,14H,2,6-7,10-12H2,1H3. The number of carbonyl (C=O) groups is 2. The van der Waals surface area contributed by atoms with Crippen LogP contribution in [-0.2, 0) is 14.3 Å². The summed E-state index contributed by atoms with van der Waals surface area (Å²) in [6, 6.07) is 9.42. The van der Waals surface area contributed by atoms with Crippen LogP contribution in [0.3, 0.4) is 0 Å². The van der Waals surface area contributed by atoms with E-state index in [0.717, 1.165) is 17.7 Å². The first-order valence-corrected chi connectivity index (χ1v) is 8.35. The Hall–Kier alpha value is -1.49. The number of esters is 1. The van der Waals surface area contributed by atoms with E-state index < -0.39 is 6.04 Å². The van der Waals surface area contributed by atoms with Crippen LogP contribution in [0.1, 0.15) is 26.2 Å². The Morgan fingerprint density at radius 3 is 2.76 bits per heavy atom. The van der Waals surface area contributed by atoms with E-state index in [9.17, 15) is 9.59 Å². The number of rotatable bonds is 5. The minimum absolute atomic E-state index is 0.0154. The Morgan fingerprint density at radius 1 is 1.29 bits per heavy atom. The molecular weight excluding hydrogens is 286 g/mol. The average Bonchev–Trinajstić information content (AvgIpc) is 2.54. The molecule has 21 heavy (non-hydrogen) atoms. The predicted octanol–water partition coefficient (Wildman–Crippen LogP) is 2.72. The van der Waals surface area contributed by atoms with E-state index in [0.29, 0.717) is 25.3 Å². The number of benzene rings is 1. The van der Waals surface area contributed by atoms with E-state index in [1.165, 1.54) is 11.8 Å². The van der Waals surface area contributed by atoms with Gasteiger partial charge in [0.15, 0.2) is 0 Å². The maximum Gasteiger partial charge on any atom is 0.328 e. The van der Waals surface area contributed by atoms with Gasteiger partial charge in [-0.2, -0.15) is 0 Å². The lowest BCUT2D eigenvalue weighted by Gasteiger charge is -2.34. The minimum Gasteiger partial charge on any atom is -0.464 e. The van der Waals surface area contributed by atoms with Gasteiger partial charge in [-0.15, -0.1) is 11.8 Å². The van der Waals surface area contributed by atoms with Crippen LogP contribution in [0, 0.1) is 0 Å². The first-order valence-electron chi connectivity index (χ1n) is 7.36. The number of hydrogen-bond donors (Lipinski definition) is 0. The lowest BCUT2D eigenvalue weighted by atomic mass is 10.0. The monoisotopic (exact) mass is 307 g/mol. The molecule has 1 aliphatic rings. The first-order chi connectivity index (χ1) is 10.2. The van der Waals surface area contributed by atoms with Crippen molar-refractivity contribution in [1.29, 1.82) is 0 Å². The summed E-state index contributed by atoms with van der Waals surface area (Å²) in [5.41, 5.74) is 0. The summed E-state index contributed by atoms with van der Waals surface area (Å²) in [5, 5.41) is 0. The van der Waals surface area contributed by atoms with Gasteiger partial charge in [-0.1, -0.05) is 18.2 Å². The molecule has 1 aliphatic heterocycles. The topological polar surface area (TPSA) is 46.6 Å². The number of hydrogen-bond acceptors (Lipinski definition) is 4. The first kappa shape index (κ1) is 15.9. The van der Waals surface area contributed by atoms with E-state index in [-0.39, 0.29) is 11.9 Å². The smallest absolute Gasteiger partial charge is 0.328 e. The highest BCUT2D eigenvalue weighted by molar-refractivity contribution is 8.00. The van der Waals surface area contributed by atoms with Gasteiger partial charge in [0.2, 0.25) is 5.91 Å². The second kappa shape index (κ2) is 8.08. The Balaban J connectivity index is 1.93. The molecule has 0 aromatic heterocycles. The summed E-state index contributed by atoms with van der Waals surface area (Å²) in [6.07, 6.45) is 2.64. The van der Waals surface area contributed by atoms with Crippen molar-refractivity contribution in [3.8, 4) is 0 Å². The summed E-state index contributed by atoms with van der Waals surface area (Å²) < 4.78 is 5.08. The molecule has 0 aliphatic carbocycles. The maximum atomic E-state index is 12.4. The highest BCUT2D eigenvalue weighted by Crippen LogP contribution is 2.22.